The molecule has 2 heterocycles. The molecule has 2 aromatic carbocycles. The van der Waals surface area contributed by atoms with Gasteiger partial charge >= 0.3 is 0 Å². The summed E-state index contributed by atoms with van der Waals surface area (Å²) in [6.45, 7) is 0.236. The van der Waals surface area contributed by atoms with Crippen LogP contribution in [0.4, 0.5) is 4.39 Å². The first-order valence-corrected chi connectivity index (χ1v) is 9.60. The summed E-state index contributed by atoms with van der Waals surface area (Å²) in [4.78, 5) is 34.1. The first kappa shape index (κ1) is 19.8. The number of halogens is 2. The number of rotatable bonds is 5. The average Bonchev–Trinajstić information content (AvgIpc) is 3.34. The Labute approximate surface area is 176 Å². The number of hydrogen-bond donors (Lipinski definition) is 2. The molecule has 0 bridgehead atoms. The Morgan fingerprint density at radius 2 is 1.83 bits per heavy atom. The molecule has 0 saturated carbocycles. The van der Waals surface area contributed by atoms with Gasteiger partial charge in [0, 0.05) is 35.4 Å². The molecule has 1 fully saturated rings. The maximum absolute atomic E-state index is 13.3. The van der Waals surface area contributed by atoms with Crippen molar-refractivity contribution in [3.8, 4) is 0 Å². The molecule has 3 aromatic rings. The number of Topliss-reactive ketones (excluding diaryl/α,β-unsaturated/α-hetero) is 1. The van der Waals surface area contributed by atoms with Gasteiger partial charge in [0.1, 0.15) is 11.6 Å². The van der Waals surface area contributed by atoms with E-state index in [1.165, 1.54) is 35.5 Å². The molecule has 30 heavy (non-hydrogen) atoms. The summed E-state index contributed by atoms with van der Waals surface area (Å²) in [7, 11) is 0. The smallest absolute Gasteiger partial charge is 0.295 e. The molecule has 1 aliphatic rings. The summed E-state index contributed by atoms with van der Waals surface area (Å²) in [5, 5.41) is 11.4. The van der Waals surface area contributed by atoms with Gasteiger partial charge in [-0.1, -0.05) is 23.7 Å². The van der Waals surface area contributed by atoms with Gasteiger partial charge in [0.2, 0.25) is 0 Å². The third-order valence-electron chi connectivity index (χ3n) is 5.02. The quantitative estimate of drug-likeness (QED) is 0.369. The molecule has 6 nitrogen and oxygen atoms in total. The van der Waals surface area contributed by atoms with Crippen molar-refractivity contribution >= 4 is 29.1 Å². The van der Waals surface area contributed by atoms with E-state index in [9.17, 15) is 19.1 Å². The zero-order chi connectivity index (χ0) is 21.3. The number of nitrogens with one attached hydrogen (secondary N) is 1. The monoisotopic (exact) mass is 425 g/mol. The van der Waals surface area contributed by atoms with Gasteiger partial charge in [-0.25, -0.2) is 9.37 Å². The first-order valence-electron chi connectivity index (χ1n) is 9.23. The van der Waals surface area contributed by atoms with Crippen LogP contribution in [0.1, 0.15) is 22.9 Å². The summed E-state index contributed by atoms with van der Waals surface area (Å²) >= 11 is 5.99. The van der Waals surface area contributed by atoms with Crippen molar-refractivity contribution in [1.82, 2.24) is 14.9 Å². The number of carbonyl (C=O) groups excluding carboxylic acids is 2. The van der Waals surface area contributed by atoms with Gasteiger partial charge < -0.3 is 15.0 Å². The van der Waals surface area contributed by atoms with Crippen LogP contribution in [0, 0.1) is 5.82 Å². The highest BCUT2D eigenvalue weighted by Gasteiger charge is 2.45. The number of likely N-dealkylation sites (tertiary alicyclic amines) is 1. The van der Waals surface area contributed by atoms with Gasteiger partial charge in [0.15, 0.2) is 0 Å². The standard InChI is InChI=1S/C22H17ClFN3O3/c23-15-5-1-13(2-6-15)19-18(20(28)14-3-7-16(24)8-4-14)21(29)22(30)27(19)10-9-17-11-25-12-26-17/h1-8,11-12,19,28H,9-10H2,(H,25,26)/t19-/m0/s1. The molecule has 0 aliphatic carbocycles. The Hall–Kier alpha value is -3.45. The Balaban J connectivity index is 1.79. The Bertz CT molecular complexity index is 1110. The number of hydrogen-bond acceptors (Lipinski definition) is 4. The number of aromatic amines is 1. The number of amides is 1. The van der Waals surface area contributed by atoms with Crippen LogP contribution in [0.5, 0.6) is 0 Å². The van der Waals surface area contributed by atoms with Crippen molar-refractivity contribution in [2.24, 2.45) is 0 Å². The van der Waals surface area contributed by atoms with E-state index in [1.807, 2.05) is 0 Å². The lowest BCUT2D eigenvalue weighted by Crippen LogP contribution is -2.31. The second-order valence-corrected chi connectivity index (χ2v) is 7.31. The summed E-state index contributed by atoms with van der Waals surface area (Å²) in [6, 6.07) is 11.0. The number of aliphatic hydroxyl groups is 1. The molecule has 0 spiro atoms. The van der Waals surface area contributed by atoms with Crippen molar-refractivity contribution in [1.29, 1.82) is 0 Å². The molecule has 0 unspecified atom stereocenters. The summed E-state index contributed by atoms with van der Waals surface area (Å²) in [5.41, 5.74) is 1.65. The highest BCUT2D eigenvalue weighted by molar-refractivity contribution is 6.46. The lowest BCUT2D eigenvalue weighted by atomic mass is 9.95. The van der Waals surface area contributed by atoms with E-state index in [0.717, 1.165) is 5.69 Å². The normalized spacial score (nSPS) is 18.2. The number of ketones is 1. The van der Waals surface area contributed by atoms with E-state index in [0.29, 0.717) is 17.0 Å². The third-order valence-corrected chi connectivity index (χ3v) is 5.27. The average molecular weight is 426 g/mol. The van der Waals surface area contributed by atoms with E-state index in [2.05, 4.69) is 9.97 Å². The molecule has 8 heteroatoms. The Morgan fingerprint density at radius 3 is 2.47 bits per heavy atom. The molecule has 1 amide bonds. The van der Waals surface area contributed by atoms with Crippen LogP contribution in [-0.4, -0.2) is 38.2 Å². The van der Waals surface area contributed by atoms with Crippen molar-refractivity contribution in [3.05, 3.63) is 94.3 Å². The minimum Gasteiger partial charge on any atom is -0.507 e. The third kappa shape index (κ3) is 3.71. The van der Waals surface area contributed by atoms with Crippen LogP contribution in [-0.2, 0) is 16.0 Å². The first-order chi connectivity index (χ1) is 14.5. The molecule has 1 saturated heterocycles. The van der Waals surface area contributed by atoms with E-state index in [-0.39, 0.29) is 23.4 Å². The summed E-state index contributed by atoms with van der Waals surface area (Å²) < 4.78 is 13.3. The van der Waals surface area contributed by atoms with E-state index in [1.54, 1.807) is 30.5 Å². The molecule has 2 N–H and O–H groups in total. The molecule has 152 valence electrons. The van der Waals surface area contributed by atoms with Crippen molar-refractivity contribution in [3.63, 3.8) is 0 Å². The minimum absolute atomic E-state index is 0.0430. The molecule has 1 aliphatic heterocycles. The van der Waals surface area contributed by atoms with E-state index in [4.69, 9.17) is 11.6 Å². The molecule has 0 radical (unpaired) electrons. The molecular weight excluding hydrogens is 409 g/mol. The highest BCUT2D eigenvalue weighted by Crippen LogP contribution is 2.39. The predicted octanol–water partition coefficient (Wildman–Crippen LogP) is 3.87. The summed E-state index contributed by atoms with van der Waals surface area (Å²) in [5.74, 6) is -2.32. The number of aliphatic hydroxyl groups excluding tert-OH is 1. The maximum atomic E-state index is 13.3. The highest BCUT2D eigenvalue weighted by atomic mass is 35.5. The van der Waals surface area contributed by atoms with Crippen molar-refractivity contribution in [2.75, 3.05) is 6.54 Å². The fraction of sp³-hybridized carbons (Fsp3) is 0.136. The lowest BCUT2D eigenvalue weighted by Gasteiger charge is -2.25. The van der Waals surface area contributed by atoms with Crippen LogP contribution < -0.4 is 0 Å². The number of nitrogens with zero attached hydrogens (tertiary/aromatic N) is 2. The number of carbonyl (C=O) groups is 2. The number of H-pyrrole nitrogens is 1. The van der Waals surface area contributed by atoms with Crippen molar-refractivity contribution in [2.45, 2.75) is 12.5 Å². The summed E-state index contributed by atoms with van der Waals surface area (Å²) in [6.07, 6.45) is 3.63. The van der Waals surface area contributed by atoms with Crippen LogP contribution in [0.3, 0.4) is 0 Å². The number of imidazole rings is 1. The number of benzene rings is 2. The van der Waals surface area contributed by atoms with Gasteiger partial charge in [0.05, 0.1) is 17.9 Å². The van der Waals surface area contributed by atoms with Crippen LogP contribution in [0.25, 0.3) is 5.76 Å². The van der Waals surface area contributed by atoms with Gasteiger partial charge in [-0.3, -0.25) is 9.59 Å². The Morgan fingerprint density at radius 1 is 1.13 bits per heavy atom. The zero-order valence-corrected chi connectivity index (χ0v) is 16.4. The second-order valence-electron chi connectivity index (χ2n) is 6.88. The topological polar surface area (TPSA) is 86.3 Å². The predicted molar refractivity (Wildman–Crippen MR) is 109 cm³/mol. The zero-order valence-electron chi connectivity index (χ0n) is 15.7. The largest absolute Gasteiger partial charge is 0.507 e. The fourth-order valence-corrected chi connectivity index (χ4v) is 3.65. The lowest BCUT2D eigenvalue weighted by molar-refractivity contribution is -0.139. The van der Waals surface area contributed by atoms with Gasteiger partial charge in [-0.15, -0.1) is 0 Å². The number of aromatic nitrogens is 2. The van der Waals surface area contributed by atoms with Crippen molar-refractivity contribution < 1.29 is 19.1 Å². The van der Waals surface area contributed by atoms with E-state index < -0.39 is 23.5 Å². The SMILES string of the molecule is O=C1C(=O)N(CCc2cnc[nH]2)[C@@H](c2ccc(Cl)cc2)C1=C(O)c1ccc(F)cc1. The Kier molecular flexibility index (Phi) is 5.37. The molecular formula is C22H17ClFN3O3. The van der Waals surface area contributed by atoms with Gasteiger partial charge in [-0.2, -0.15) is 0 Å². The molecule has 1 atom stereocenters. The molecule has 4 rings (SSSR count). The second kappa shape index (κ2) is 8.12. The van der Waals surface area contributed by atoms with Gasteiger partial charge in [0.25, 0.3) is 11.7 Å². The van der Waals surface area contributed by atoms with E-state index >= 15 is 0 Å². The van der Waals surface area contributed by atoms with Crippen LogP contribution >= 0.6 is 11.6 Å². The van der Waals surface area contributed by atoms with Crippen LogP contribution in [0.15, 0.2) is 66.6 Å². The molecule has 1 aromatic heterocycles. The minimum atomic E-state index is -0.796. The fourth-order valence-electron chi connectivity index (χ4n) is 3.53. The van der Waals surface area contributed by atoms with Crippen LogP contribution in [0.2, 0.25) is 5.02 Å². The van der Waals surface area contributed by atoms with Gasteiger partial charge in [-0.05, 0) is 42.0 Å². The maximum Gasteiger partial charge on any atom is 0.295 e.